The van der Waals surface area contributed by atoms with E-state index in [-0.39, 0.29) is 0 Å². The minimum Gasteiger partial charge on any atom is -0.456 e. The van der Waals surface area contributed by atoms with Gasteiger partial charge in [0.05, 0.1) is 10.6 Å². The molecule has 0 spiro atoms. The molecule has 7 aromatic carbocycles. The molecular weight excluding hydrogens is 707 g/mol. The lowest BCUT2D eigenvalue weighted by atomic mass is 9.99. The number of aromatic nitrogens is 5. The molecule has 0 N–H and O–H groups in total. The maximum atomic E-state index is 6.43. The molecular formula is C49H31N5OS. The standard InChI is InChI=1S/C49H31N5OS/c1-5-14-34(15-6-1)46-50-31-43(56-38-20-11-4-12-21-38)45(51-46)33-26-24-32(25-27-33)37-28-29-41-40(30-37)44-39(22-13-23-42(44)55-41)49-53-47(35-16-7-2-8-17-35)52-48(54-49)36-18-9-3-10-19-36/h1-31H. The van der Waals surface area contributed by atoms with Crippen LogP contribution >= 0.6 is 11.8 Å². The molecule has 0 fully saturated rings. The van der Waals surface area contributed by atoms with Crippen molar-refractivity contribution in [3.8, 4) is 67.9 Å². The van der Waals surface area contributed by atoms with Gasteiger partial charge in [-0.25, -0.2) is 24.9 Å². The number of rotatable bonds is 8. The Kier molecular flexibility index (Phi) is 8.67. The highest BCUT2D eigenvalue weighted by Gasteiger charge is 2.19. The molecule has 0 bridgehead atoms. The molecule has 264 valence electrons. The molecule has 0 aliphatic carbocycles. The summed E-state index contributed by atoms with van der Waals surface area (Å²) < 4.78 is 6.43. The molecule has 10 rings (SSSR count). The lowest BCUT2D eigenvalue weighted by Crippen LogP contribution is -2.00. The highest BCUT2D eigenvalue weighted by molar-refractivity contribution is 7.99. The zero-order chi connectivity index (χ0) is 37.3. The van der Waals surface area contributed by atoms with Crippen LogP contribution in [0.15, 0.2) is 202 Å². The summed E-state index contributed by atoms with van der Waals surface area (Å²) in [7, 11) is 0. The summed E-state index contributed by atoms with van der Waals surface area (Å²) in [5.41, 5.74) is 9.33. The second kappa shape index (κ2) is 14.5. The fourth-order valence-electron chi connectivity index (χ4n) is 6.94. The number of benzene rings is 7. The van der Waals surface area contributed by atoms with Crippen LogP contribution in [-0.4, -0.2) is 24.9 Å². The SMILES string of the molecule is c1ccc(Sc2cnc(-c3ccccc3)nc2-c2ccc(-c3ccc4oc5cccc(-c6nc(-c7ccccc7)nc(-c7ccccc7)n6)c5c4c3)cc2)cc1. The first-order valence-electron chi connectivity index (χ1n) is 18.3. The van der Waals surface area contributed by atoms with Crippen molar-refractivity contribution in [3.05, 3.63) is 188 Å². The van der Waals surface area contributed by atoms with E-state index < -0.39 is 0 Å². The van der Waals surface area contributed by atoms with Gasteiger partial charge in [-0.15, -0.1) is 0 Å². The zero-order valence-corrected chi connectivity index (χ0v) is 30.8. The van der Waals surface area contributed by atoms with E-state index in [9.17, 15) is 0 Å². The topological polar surface area (TPSA) is 77.6 Å². The normalized spacial score (nSPS) is 11.3. The number of hydrogen-bond acceptors (Lipinski definition) is 7. The number of fused-ring (bicyclic) bond motifs is 3. The van der Waals surface area contributed by atoms with E-state index in [1.165, 1.54) is 0 Å². The van der Waals surface area contributed by atoms with Gasteiger partial charge in [-0.1, -0.05) is 163 Å². The van der Waals surface area contributed by atoms with Crippen LogP contribution in [0.3, 0.4) is 0 Å². The van der Waals surface area contributed by atoms with Gasteiger partial charge in [0.15, 0.2) is 23.3 Å². The quantitative estimate of drug-likeness (QED) is 0.154. The van der Waals surface area contributed by atoms with Gasteiger partial charge in [-0.2, -0.15) is 0 Å². The Morgan fingerprint density at radius 1 is 0.393 bits per heavy atom. The highest BCUT2D eigenvalue weighted by atomic mass is 32.2. The van der Waals surface area contributed by atoms with E-state index >= 15 is 0 Å². The van der Waals surface area contributed by atoms with E-state index in [2.05, 4.69) is 54.6 Å². The van der Waals surface area contributed by atoms with Gasteiger partial charge >= 0.3 is 0 Å². The van der Waals surface area contributed by atoms with Crippen molar-refractivity contribution in [3.63, 3.8) is 0 Å². The Balaban J connectivity index is 1.06. The molecule has 10 aromatic rings. The minimum absolute atomic E-state index is 0.588. The van der Waals surface area contributed by atoms with Crippen molar-refractivity contribution in [2.24, 2.45) is 0 Å². The predicted octanol–water partition coefficient (Wildman–Crippen LogP) is 12.7. The fourth-order valence-corrected chi connectivity index (χ4v) is 7.85. The van der Waals surface area contributed by atoms with Gasteiger partial charge in [0.1, 0.15) is 11.2 Å². The fraction of sp³-hybridized carbons (Fsp3) is 0. The third-order valence-electron chi connectivity index (χ3n) is 9.69. The van der Waals surface area contributed by atoms with Gasteiger partial charge in [0.2, 0.25) is 0 Å². The Morgan fingerprint density at radius 2 is 0.946 bits per heavy atom. The van der Waals surface area contributed by atoms with Gasteiger partial charge in [0, 0.05) is 49.7 Å². The second-order valence-electron chi connectivity index (χ2n) is 13.3. The smallest absolute Gasteiger partial charge is 0.164 e. The molecule has 0 aliphatic rings. The molecule has 56 heavy (non-hydrogen) atoms. The van der Waals surface area contributed by atoms with E-state index in [0.717, 1.165) is 76.4 Å². The van der Waals surface area contributed by atoms with Crippen molar-refractivity contribution >= 4 is 33.7 Å². The van der Waals surface area contributed by atoms with E-state index in [4.69, 9.17) is 29.3 Å². The van der Waals surface area contributed by atoms with E-state index in [1.54, 1.807) is 11.8 Å². The maximum absolute atomic E-state index is 6.43. The van der Waals surface area contributed by atoms with Crippen LogP contribution in [0.25, 0.3) is 89.9 Å². The lowest BCUT2D eigenvalue weighted by Gasteiger charge is -2.12. The number of nitrogens with zero attached hydrogens (tertiary/aromatic N) is 5. The number of furan rings is 1. The molecule has 3 heterocycles. The summed E-state index contributed by atoms with van der Waals surface area (Å²) in [6.45, 7) is 0. The third kappa shape index (κ3) is 6.50. The Bertz CT molecular complexity index is 2920. The van der Waals surface area contributed by atoms with E-state index in [0.29, 0.717) is 23.3 Å². The average molecular weight is 738 g/mol. The Hall–Kier alpha value is -7.22. The largest absolute Gasteiger partial charge is 0.456 e. The van der Waals surface area contributed by atoms with Crippen molar-refractivity contribution in [2.75, 3.05) is 0 Å². The first-order valence-corrected chi connectivity index (χ1v) is 19.1. The van der Waals surface area contributed by atoms with Crippen molar-refractivity contribution < 1.29 is 4.42 Å². The van der Waals surface area contributed by atoms with E-state index in [1.807, 2.05) is 134 Å². The molecule has 0 amide bonds. The van der Waals surface area contributed by atoms with Crippen LogP contribution < -0.4 is 0 Å². The first-order chi connectivity index (χ1) is 27.7. The van der Waals surface area contributed by atoms with Gasteiger partial charge in [-0.05, 0) is 41.5 Å². The molecule has 0 atom stereocenters. The molecule has 0 saturated heterocycles. The van der Waals surface area contributed by atoms with Crippen LogP contribution in [0.1, 0.15) is 0 Å². The van der Waals surface area contributed by atoms with Gasteiger partial charge in [0.25, 0.3) is 0 Å². The van der Waals surface area contributed by atoms with Crippen molar-refractivity contribution in [1.82, 2.24) is 24.9 Å². The summed E-state index contributed by atoms with van der Waals surface area (Å²) in [5.74, 6) is 2.51. The lowest BCUT2D eigenvalue weighted by molar-refractivity contribution is 0.669. The minimum atomic E-state index is 0.588. The summed E-state index contributed by atoms with van der Waals surface area (Å²) in [4.78, 5) is 27.0. The van der Waals surface area contributed by atoms with Gasteiger partial charge < -0.3 is 4.42 Å². The highest BCUT2D eigenvalue weighted by Crippen LogP contribution is 2.40. The average Bonchev–Trinajstić information content (AvgIpc) is 3.66. The van der Waals surface area contributed by atoms with Crippen LogP contribution in [0.4, 0.5) is 0 Å². The van der Waals surface area contributed by atoms with Crippen LogP contribution in [0.2, 0.25) is 0 Å². The van der Waals surface area contributed by atoms with Crippen LogP contribution in [0, 0.1) is 0 Å². The maximum Gasteiger partial charge on any atom is 0.164 e. The molecule has 3 aromatic heterocycles. The Labute approximate surface area is 327 Å². The third-order valence-corrected chi connectivity index (χ3v) is 10.7. The van der Waals surface area contributed by atoms with Crippen LogP contribution in [-0.2, 0) is 0 Å². The van der Waals surface area contributed by atoms with Crippen molar-refractivity contribution in [2.45, 2.75) is 9.79 Å². The Morgan fingerprint density at radius 3 is 1.59 bits per heavy atom. The predicted molar refractivity (Wildman–Crippen MR) is 226 cm³/mol. The molecule has 0 saturated carbocycles. The molecule has 7 heteroatoms. The molecule has 0 radical (unpaired) electrons. The monoisotopic (exact) mass is 737 g/mol. The molecule has 6 nitrogen and oxygen atoms in total. The second-order valence-corrected chi connectivity index (χ2v) is 14.4. The summed E-state index contributed by atoms with van der Waals surface area (Å²) in [6.07, 6.45) is 1.93. The molecule has 0 unspecified atom stereocenters. The number of hydrogen-bond donors (Lipinski definition) is 0. The summed E-state index contributed by atoms with van der Waals surface area (Å²) >= 11 is 1.67. The molecule has 0 aliphatic heterocycles. The summed E-state index contributed by atoms with van der Waals surface area (Å²) in [5, 5.41) is 1.95. The zero-order valence-electron chi connectivity index (χ0n) is 30.0. The van der Waals surface area contributed by atoms with Crippen LogP contribution in [0.5, 0.6) is 0 Å². The van der Waals surface area contributed by atoms with Gasteiger partial charge in [-0.3, -0.25) is 0 Å². The van der Waals surface area contributed by atoms with Crippen molar-refractivity contribution in [1.29, 1.82) is 0 Å². The summed E-state index contributed by atoms with van der Waals surface area (Å²) in [6, 6.07) is 61.5. The first kappa shape index (κ1) is 33.4.